The number of ketones is 1. The number of hydrogen-bond acceptors (Lipinski definition) is 5. The van der Waals surface area contributed by atoms with Gasteiger partial charge in [-0.25, -0.2) is 0 Å². The number of ether oxygens (including phenoxy) is 2. The van der Waals surface area contributed by atoms with Crippen LogP contribution in [0, 0.1) is 11.8 Å². The normalized spacial score (nSPS) is 29.8. The van der Waals surface area contributed by atoms with Gasteiger partial charge in [-0.2, -0.15) is 0 Å². The first-order valence-electron chi connectivity index (χ1n) is 10.1. The van der Waals surface area contributed by atoms with Gasteiger partial charge in [-0.1, -0.05) is 23.7 Å². The number of Topliss-reactive ketones (excluding diaryl/α,β-unsaturated/α-hetero) is 1. The molecule has 2 aromatic rings. The largest absolute Gasteiger partial charge is 0.496 e. The molecule has 1 N–H and O–H groups in total. The number of nitrogens with one attached hydrogen (secondary N) is 1. The SMILES string of the molecule is COc1ccccc1C(=O)[C@H]1C(=O)N[C@@]23CCN(C)C[C@@H]2[C@H]1c1cc(Cl)ccc1O3. The Hall–Kier alpha value is -2.57. The van der Waals surface area contributed by atoms with Crippen molar-refractivity contribution in [2.24, 2.45) is 11.8 Å². The molecule has 156 valence electrons. The lowest BCUT2D eigenvalue weighted by Crippen LogP contribution is -2.72. The van der Waals surface area contributed by atoms with Crippen LogP contribution < -0.4 is 14.8 Å². The van der Waals surface area contributed by atoms with Crippen LogP contribution in [0.15, 0.2) is 42.5 Å². The zero-order valence-corrected chi connectivity index (χ0v) is 17.6. The summed E-state index contributed by atoms with van der Waals surface area (Å²) in [5.41, 5.74) is 0.431. The third-order valence-electron chi connectivity index (χ3n) is 6.66. The summed E-state index contributed by atoms with van der Waals surface area (Å²) < 4.78 is 11.8. The molecule has 2 saturated heterocycles. The average Bonchev–Trinajstić information content (AvgIpc) is 2.74. The molecule has 3 heterocycles. The number of nitrogens with zero attached hydrogens (tertiary/aromatic N) is 1. The van der Waals surface area contributed by atoms with Crippen molar-refractivity contribution < 1.29 is 19.1 Å². The molecule has 2 fully saturated rings. The fourth-order valence-corrected chi connectivity index (χ4v) is 5.45. The molecule has 0 aromatic heterocycles. The van der Waals surface area contributed by atoms with E-state index in [0.29, 0.717) is 35.1 Å². The van der Waals surface area contributed by atoms with E-state index in [4.69, 9.17) is 21.1 Å². The molecule has 2 bridgehead atoms. The minimum absolute atomic E-state index is 0.0661. The molecule has 4 atom stereocenters. The number of likely N-dealkylation sites (tertiary alicyclic amines) is 1. The smallest absolute Gasteiger partial charge is 0.234 e. The topological polar surface area (TPSA) is 67.9 Å². The van der Waals surface area contributed by atoms with Gasteiger partial charge in [0.25, 0.3) is 0 Å². The van der Waals surface area contributed by atoms with Gasteiger partial charge in [0.1, 0.15) is 17.4 Å². The molecule has 0 aliphatic carbocycles. The van der Waals surface area contributed by atoms with Gasteiger partial charge < -0.3 is 19.7 Å². The zero-order valence-electron chi connectivity index (χ0n) is 16.9. The maximum atomic E-state index is 13.7. The number of hydrogen-bond donors (Lipinski definition) is 1. The van der Waals surface area contributed by atoms with Gasteiger partial charge in [0, 0.05) is 41.9 Å². The second-order valence-corrected chi connectivity index (χ2v) is 8.79. The van der Waals surface area contributed by atoms with Crippen LogP contribution in [-0.4, -0.2) is 49.6 Å². The second-order valence-electron chi connectivity index (χ2n) is 8.35. The minimum Gasteiger partial charge on any atom is -0.496 e. The van der Waals surface area contributed by atoms with Gasteiger partial charge in [-0.15, -0.1) is 0 Å². The van der Waals surface area contributed by atoms with Crippen LogP contribution in [0.25, 0.3) is 0 Å². The van der Waals surface area contributed by atoms with Crippen LogP contribution in [0.1, 0.15) is 28.3 Å². The first-order valence-corrected chi connectivity index (χ1v) is 10.5. The van der Waals surface area contributed by atoms with Crippen LogP contribution in [0.4, 0.5) is 0 Å². The van der Waals surface area contributed by atoms with Crippen LogP contribution in [-0.2, 0) is 4.79 Å². The monoisotopic (exact) mass is 426 g/mol. The number of piperidine rings is 2. The Bertz CT molecular complexity index is 1040. The number of para-hydroxylation sites is 1. The van der Waals surface area contributed by atoms with Gasteiger partial charge in [0.2, 0.25) is 5.91 Å². The third-order valence-corrected chi connectivity index (χ3v) is 6.90. The second kappa shape index (κ2) is 7.00. The van der Waals surface area contributed by atoms with Gasteiger partial charge in [0.05, 0.1) is 12.7 Å². The number of fused-ring (bicyclic) bond motifs is 2. The van der Waals surface area contributed by atoms with E-state index < -0.39 is 11.6 Å². The lowest BCUT2D eigenvalue weighted by Gasteiger charge is -2.57. The predicted octanol–water partition coefficient (Wildman–Crippen LogP) is 3.10. The van der Waals surface area contributed by atoms with E-state index in [2.05, 4.69) is 17.3 Å². The number of rotatable bonds is 3. The summed E-state index contributed by atoms with van der Waals surface area (Å²) in [7, 11) is 3.58. The van der Waals surface area contributed by atoms with E-state index in [1.54, 1.807) is 30.3 Å². The average molecular weight is 427 g/mol. The van der Waals surface area contributed by atoms with Crippen LogP contribution in [0.5, 0.6) is 11.5 Å². The molecule has 7 heteroatoms. The highest BCUT2D eigenvalue weighted by Gasteiger charge is 2.61. The number of carbonyl (C=O) groups excluding carboxylic acids is 2. The van der Waals surface area contributed by atoms with E-state index in [0.717, 1.165) is 12.1 Å². The molecule has 0 spiro atoms. The molecule has 0 radical (unpaired) electrons. The maximum absolute atomic E-state index is 13.7. The highest BCUT2D eigenvalue weighted by Crippen LogP contribution is 2.54. The molecule has 0 saturated carbocycles. The Balaban J connectivity index is 1.67. The third kappa shape index (κ3) is 2.81. The molecule has 6 nitrogen and oxygen atoms in total. The Morgan fingerprint density at radius 2 is 2.10 bits per heavy atom. The quantitative estimate of drug-likeness (QED) is 0.603. The predicted molar refractivity (Wildman–Crippen MR) is 112 cm³/mol. The van der Waals surface area contributed by atoms with Crippen LogP contribution in [0.3, 0.4) is 0 Å². The zero-order chi connectivity index (χ0) is 21.0. The molecule has 0 unspecified atom stereocenters. The molecule has 3 aliphatic rings. The molecule has 30 heavy (non-hydrogen) atoms. The molecule has 3 aliphatic heterocycles. The first-order chi connectivity index (χ1) is 14.4. The molecular formula is C23H23ClN2O4. The number of benzene rings is 2. The van der Waals surface area contributed by atoms with Gasteiger partial charge in [-0.3, -0.25) is 9.59 Å². The Morgan fingerprint density at radius 1 is 1.30 bits per heavy atom. The van der Waals surface area contributed by atoms with E-state index in [-0.39, 0.29) is 23.5 Å². The van der Waals surface area contributed by atoms with Crippen LogP contribution >= 0.6 is 11.6 Å². The van der Waals surface area contributed by atoms with Crippen molar-refractivity contribution in [2.75, 3.05) is 27.2 Å². The van der Waals surface area contributed by atoms with Crippen molar-refractivity contribution in [1.82, 2.24) is 10.2 Å². The van der Waals surface area contributed by atoms with Gasteiger partial charge >= 0.3 is 0 Å². The number of methoxy groups -OCH3 is 1. The van der Waals surface area contributed by atoms with Gasteiger partial charge in [0.15, 0.2) is 11.5 Å². The van der Waals surface area contributed by atoms with Crippen LogP contribution in [0.2, 0.25) is 5.02 Å². The summed E-state index contributed by atoms with van der Waals surface area (Å²) in [6.45, 7) is 1.52. The standard InChI is InChI=1S/C23H23ClN2O4/c1-26-10-9-23-16(12-26)19(15-11-13(24)7-8-18(15)30-23)20(22(28)25-23)21(27)14-5-3-4-6-17(14)29-2/h3-8,11,16,19-20H,9-10,12H2,1-2H3,(H,25,28)/t16-,19-,20+,23-/m1/s1. The van der Waals surface area contributed by atoms with Crippen molar-refractivity contribution in [2.45, 2.75) is 18.1 Å². The fourth-order valence-electron chi connectivity index (χ4n) is 5.27. The summed E-state index contributed by atoms with van der Waals surface area (Å²) in [5.74, 6) is -0.682. The highest BCUT2D eigenvalue weighted by molar-refractivity contribution is 6.30. The fraction of sp³-hybridized carbons (Fsp3) is 0.391. The van der Waals surface area contributed by atoms with Crippen molar-refractivity contribution in [1.29, 1.82) is 0 Å². The van der Waals surface area contributed by atoms with E-state index in [9.17, 15) is 9.59 Å². The van der Waals surface area contributed by atoms with Crippen molar-refractivity contribution in [3.8, 4) is 11.5 Å². The van der Waals surface area contributed by atoms with Gasteiger partial charge in [-0.05, 0) is 37.4 Å². The minimum atomic E-state index is -0.882. The Morgan fingerprint density at radius 3 is 2.90 bits per heavy atom. The maximum Gasteiger partial charge on any atom is 0.234 e. The summed E-state index contributed by atoms with van der Waals surface area (Å²) in [6, 6.07) is 12.5. The van der Waals surface area contributed by atoms with Crippen molar-refractivity contribution in [3.63, 3.8) is 0 Å². The number of amides is 1. The van der Waals surface area contributed by atoms with E-state index in [1.165, 1.54) is 7.11 Å². The first kappa shape index (κ1) is 19.4. The Labute approximate surface area is 180 Å². The van der Waals surface area contributed by atoms with Crippen molar-refractivity contribution in [3.05, 3.63) is 58.6 Å². The summed E-state index contributed by atoms with van der Waals surface area (Å²) in [5, 5.41) is 3.65. The van der Waals surface area contributed by atoms with E-state index in [1.807, 2.05) is 12.1 Å². The van der Waals surface area contributed by atoms with E-state index >= 15 is 0 Å². The van der Waals surface area contributed by atoms with Crippen molar-refractivity contribution >= 4 is 23.3 Å². The summed E-state index contributed by atoms with van der Waals surface area (Å²) in [4.78, 5) is 29.3. The molecule has 5 rings (SSSR count). The number of halogens is 1. The lowest BCUT2D eigenvalue weighted by molar-refractivity contribution is -0.157. The molecule has 1 amide bonds. The highest BCUT2D eigenvalue weighted by atomic mass is 35.5. The number of carbonyl (C=O) groups is 2. The lowest BCUT2D eigenvalue weighted by atomic mass is 9.63. The summed E-state index contributed by atoms with van der Waals surface area (Å²) in [6.07, 6.45) is 0.661. The Kier molecular flexibility index (Phi) is 4.52. The summed E-state index contributed by atoms with van der Waals surface area (Å²) >= 11 is 6.31. The molecule has 2 aromatic carbocycles. The molecular weight excluding hydrogens is 404 g/mol.